The maximum atomic E-state index is 5.30. The van der Waals surface area contributed by atoms with Crippen molar-refractivity contribution < 1.29 is 4.74 Å². The average Bonchev–Trinajstić information content (AvgIpc) is 3.30. The van der Waals surface area contributed by atoms with Crippen LogP contribution in [0.1, 0.15) is 24.1 Å². The zero-order valence-corrected chi connectivity index (χ0v) is 19.2. The van der Waals surface area contributed by atoms with Gasteiger partial charge in [-0.2, -0.15) is 0 Å². The molecule has 1 aromatic rings. The van der Waals surface area contributed by atoms with Gasteiger partial charge in [0.05, 0.1) is 6.61 Å². The van der Waals surface area contributed by atoms with Crippen molar-refractivity contribution in [3.63, 3.8) is 0 Å². The molecule has 7 heteroatoms. The van der Waals surface area contributed by atoms with Gasteiger partial charge < -0.3 is 15.0 Å². The predicted octanol–water partition coefficient (Wildman–Crippen LogP) is 3.12. The van der Waals surface area contributed by atoms with E-state index in [1.807, 2.05) is 18.4 Å². The molecule has 5 nitrogen and oxygen atoms in total. The lowest BCUT2D eigenvalue weighted by molar-refractivity contribution is 0.157. The van der Waals surface area contributed by atoms with Crippen molar-refractivity contribution in [1.29, 1.82) is 0 Å². The summed E-state index contributed by atoms with van der Waals surface area (Å²) >= 11 is 1.87. The van der Waals surface area contributed by atoms with E-state index >= 15 is 0 Å². The number of ether oxygens (including phenoxy) is 1. The van der Waals surface area contributed by atoms with Crippen molar-refractivity contribution in [3.05, 3.63) is 22.4 Å². The first-order valence-electron chi connectivity index (χ1n) is 9.47. The number of thiophene rings is 1. The molecule has 0 aromatic carbocycles. The molecule has 3 heterocycles. The zero-order valence-electron chi connectivity index (χ0n) is 16.0. The third-order valence-corrected chi connectivity index (χ3v) is 6.28. The van der Waals surface area contributed by atoms with Crippen LogP contribution in [0.2, 0.25) is 0 Å². The highest BCUT2D eigenvalue weighted by molar-refractivity contribution is 14.0. The number of hydrogen-bond acceptors (Lipinski definition) is 4. The van der Waals surface area contributed by atoms with Gasteiger partial charge in [0, 0.05) is 51.1 Å². The molecule has 1 N–H and O–H groups in total. The summed E-state index contributed by atoms with van der Waals surface area (Å²) in [7, 11) is 3.69. The third kappa shape index (κ3) is 6.35. The van der Waals surface area contributed by atoms with E-state index in [0.29, 0.717) is 5.92 Å². The third-order valence-electron chi connectivity index (χ3n) is 5.42. The molecule has 2 aliphatic heterocycles. The lowest BCUT2D eigenvalue weighted by Crippen LogP contribution is -2.44. The number of nitrogens with one attached hydrogen (secondary N) is 1. The highest BCUT2D eigenvalue weighted by Gasteiger charge is 2.25. The van der Waals surface area contributed by atoms with Crippen molar-refractivity contribution in [3.8, 4) is 0 Å². The van der Waals surface area contributed by atoms with Gasteiger partial charge in [0.2, 0.25) is 0 Å². The predicted molar refractivity (Wildman–Crippen MR) is 121 cm³/mol. The van der Waals surface area contributed by atoms with Gasteiger partial charge >= 0.3 is 0 Å². The fraction of sp³-hybridized carbons (Fsp3) is 0.737. The molecule has 2 saturated heterocycles. The molecule has 0 amide bonds. The smallest absolute Gasteiger partial charge is 0.193 e. The number of aliphatic imine (C=N–C) groups is 1. The summed E-state index contributed by atoms with van der Waals surface area (Å²) in [6.07, 6.45) is 3.76. The molecule has 0 bridgehead atoms. The Morgan fingerprint density at radius 1 is 1.27 bits per heavy atom. The maximum Gasteiger partial charge on any atom is 0.193 e. The normalized spacial score (nSPS) is 22.5. The Bertz CT molecular complexity index is 532. The van der Waals surface area contributed by atoms with Crippen LogP contribution in [0.4, 0.5) is 0 Å². The molecule has 0 radical (unpaired) electrons. The first kappa shape index (κ1) is 21.9. The van der Waals surface area contributed by atoms with Crippen molar-refractivity contribution in [2.45, 2.75) is 25.8 Å². The van der Waals surface area contributed by atoms with Crippen LogP contribution in [0.15, 0.2) is 22.5 Å². The van der Waals surface area contributed by atoms with E-state index < -0.39 is 0 Å². The minimum Gasteiger partial charge on any atom is -0.384 e. The monoisotopic (exact) mass is 492 g/mol. The van der Waals surface area contributed by atoms with Crippen LogP contribution < -0.4 is 5.32 Å². The van der Waals surface area contributed by atoms with Gasteiger partial charge in [-0.1, -0.05) is 6.07 Å². The maximum absolute atomic E-state index is 5.30. The largest absolute Gasteiger partial charge is 0.384 e. The SMILES string of the molecule is CN=C(NCC1CCN(Cc2cccs2)CC1)N1CCC(COC)C1.I. The lowest BCUT2D eigenvalue weighted by atomic mass is 9.97. The minimum atomic E-state index is 0. The number of guanidine groups is 1. The Hall–Kier alpha value is -0.380. The Balaban J connectivity index is 0.00000243. The van der Waals surface area contributed by atoms with E-state index in [1.54, 1.807) is 7.11 Å². The number of nitrogens with zero attached hydrogens (tertiary/aromatic N) is 3. The van der Waals surface area contributed by atoms with E-state index in [2.05, 4.69) is 37.6 Å². The van der Waals surface area contributed by atoms with Gasteiger partial charge in [-0.3, -0.25) is 9.89 Å². The molecular formula is C19H33IN4OS. The molecule has 0 saturated carbocycles. The number of rotatable bonds is 6. The molecule has 148 valence electrons. The second-order valence-corrected chi connectivity index (χ2v) is 8.32. The lowest BCUT2D eigenvalue weighted by Gasteiger charge is -2.32. The van der Waals surface area contributed by atoms with Crippen LogP contribution in [0.5, 0.6) is 0 Å². The van der Waals surface area contributed by atoms with E-state index in [1.165, 1.54) is 37.2 Å². The van der Waals surface area contributed by atoms with Crippen molar-refractivity contribution >= 4 is 41.3 Å². The van der Waals surface area contributed by atoms with Gasteiger partial charge in [0.25, 0.3) is 0 Å². The summed E-state index contributed by atoms with van der Waals surface area (Å²) < 4.78 is 5.30. The van der Waals surface area contributed by atoms with E-state index in [0.717, 1.165) is 44.7 Å². The highest BCUT2D eigenvalue weighted by atomic mass is 127. The number of hydrogen-bond donors (Lipinski definition) is 1. The van der Waals surface area contributed by atoms with Crippen LogP contribution in [0, 0.1) is 11.8 Å². The summed E-state index contributed by atoms with van der Waals surface area (Å²) in [6, 6.07) is 4.40. The van der Waals surface area contributed by atoms with Gasteiger partial charge in [0.15, 0.2) is 5.96 Å². The van der Waals surface area contributed by atoms with Crippen LogP contribution >= 0.6 is 35.3 Å². The van der Waals surface area contributed by atoms with Crippen molar-refractivity contribution in [1.82, 2.24) is 15.1 Å². The minimum absolute atomic E-state index is 0. The van der Waals surface area contributed by atoms with E-state index in [9.17, 15) is 0 Å². The second-order valence-electron chi connectivity index (χ2n) is 7.28. The Kier molecular flexibility index (Phi) is 9.66. The molecule has 1 atom stereocenters. The first-order valence-corrected chi connectivity index (χ1v) is 10.4. The molecule has 1 unspecified atom stereocenters. The van der Waals surface area contributed by atoms with E-state index in [4.69, 9.17) is 4.74 Å². The van der Waals surface area contributed by atoms with Gasteiger partial charge in [-0.05, 0) is 49.7 Å². The standard InChI is InChI=1S/C19H32N4OS.HI/c1-20-19(23-10-7-17(13-23)15-24-2)21-12-16-5-8-22(9-6-16)14-18-4-3-11-25-18;/h3-4,11,16-17H,5-10,12-15H2,1-2H3,(H,20,21);1H. The van der Waals surface area contributed by atoms with Gasteiger partial charge in [-0.25, -0.2) is 0 Å². The Morgan fingerprint density at radius 2 is 2.04 bits per heavy atom. The Morgan fingerprint density at radius 3 is 2.69 bits per heavy atom. The molecule has 0 spiro atoms. The molecule has 2 fully saturated rings. The fourth-order valence-electron chi connectivity index (χ4n) is 3.94. The molecular weight excluding hydrogens is 459 g/mol. The molecule has 1 aromatic heterocycles. The first-order chi connectivity index (χ1) is 12.3. The van der Waals surface area contributed by atoms with Crippen LogP contribution in [0.25, 0.3) is 0 Å². The fourth-order valence-corrected chi connectivity index (χ4v) is 4.68. The number of halogens is 1. The summed E-state index contributed by atoms with van der Waals surface area (Å²) in [6.45, 7) is 7.60. The zero-order chi connectivity index (χ0) is 17.5. The van der Waals surface area contributed by atoms with E-state index in [-0.39, 0.29) is 24.0 Å². The van der Waals surface area contributed by atoms with Crippen molar-refractivity contribution in [2.24, 2.45) is 16.8 Å². The number of piperidine rings is 1. The molecule has 3 rings (SSSR count). The Labute approximate surface area is 179 Å². The summed E-state index contributed by atoms with van der Waals surface area (Å²) in [5.41, 5.74) is 0. The summed E-state index contributed by atoms with van der Waals surface area (Å²) in [5, 5.41) is 5.80. The quantitative estimate of drug-likeness (QED) is 0.377. The molecule has 2 aliphatic rings. The molecule has 0 aliphatic carbocycles. The van der Waals surface area contributed by atoms with Gasteiger partial charge in [0.1, 0.15) is 0 Å². The number of methoxy groups -OCH3 is 1. The average molecular weight is 492 g/mol. The van der Waals surface area contributed by atoms with Crippen LogP contribution in [-0.4, -0.2) is 69.2 Å². The second kappa shape index (κ2) is 11.5. The van der Waals surface area contributed by atoms with Crippen LogP contribution in [-0.2, 0) is 11.3 Å². The topological polar surface area (TPSA) is 40.1 Å². The highest BCUT2D eigenvalue weighted by Crippen LogP contribution is 2.21. The van der Waals surface area contributed by atoms with Gasteiger partial charge in [-0.15, -0.1) is 35.3 Å². The van der Waals surface area contributed by atoms with Crippen LogP contribution in [0.3, 0.4) is 0 Å². The summed E-state index contributed by atoms with van der Waals surface area (Å²) in [4.78, 5) is 11.0. The van der Waals surface area contributed by atoms with Crippen molar-refractivity contribution in [2.75, 3.05) is 53.5 Å². The molecule has 26 heavy (non-hydrogen) atoms. The summed E-state index contributed by atoms with van der Waals surface area (Å²) in [5.74, 6) is 2.47. The number of likely N-dealkylation sites (tertiary alicyclic amines) is 2.